The van der Waals surface area contributed by atoms with E-state index in [1.807, 2.05) is 0 Å². The number of esters is 4. The number of carbonyl (C=O) groups is 4. The topological polar surface area (TPSA) is 118 Å². The van der Waals surface area contributed by atoms with Crippen LogP contribution in [0.3, 0.4) is 0 Å². The van der Waals surface area contributed by atoms with Crippen molar-refractivity contribution in [1.82, 2.24) is 4.90 Å². The minimum absolute atomic E-state index is 0.254. The third kappa shape index (κ3) is 8.09. The molecule has 180 valence electrons. The van der Waals surface area contributed by atoms with E-state index in [9.17, 15) is 19.2 Å². The number of ether oxygens (including phenoxy) is 5. The van der Waals surface area contributed by atoms with E-state index in [0.29, 0.717) is 4.32 Å². The molecule has 10 nitrogen and oxygen atoms in total. The Morgan fingerprint density at radius 2 is 1.41 bits per heavy atom. The summed E-state index contributed by atoms with van der Waals surface area (Å²) in [6, 6.07) is 0. The molecule has 0 radical (unpaired) electrons. The molecular formula is C19H27NO9S3. The first-order valence-corrected chi connectivity index (χ1v) is 12.6. The highest BCUT2D eigenvalue weighted by molar-refractivity contribution is 8.83. The number of hydrogen-bond donors (Lipinski definition) is 0. The molecule has 2 aliphatic rings. The first-order chi connectivity index (χ1) is 15.1. The van der Waals surface area contributed by atoms with Crippen LogP contribution < -0.4 is 0 Å². The third-order valence-electron chi connectivity index (χ3n) is 4.53. The highest BCUT2D eigenvalue weighted by Gasteiger charge is 2.52. The van der Waals surface area contributed by atoms with Crippen molar-refractivity contribution in [3.63, 3.8) is 0 Å². The molecule has 2 fully saturated rings. The van der Waals surface area contributed by atoms with E-state index < -0.39 is 53.7 Å². The van der Waals surface area contributed by atoms with Crippen LogP contribution in [-0.4, -0.2) is 82.6 Å². The van der Waals surface area contributed by atoms with E-state index in [4.69, 9.17) is 35.9 Å². The molecule has 2 saturated heterocycles. The molecule has 2 aliphatic heterocycles. The first kappa shape index (κ1) is 26.7. The van der Waals surface area contributed by atoms with Crippen LogP contribution >= 0.6 is 33.8 Å². The van der Waals surface area contributed by atoms with Crippen molar-refractivity contribution in [3.8, 4) is 0 Å². The Hall–Kier alpha value is -1.57. The number of likely N-dealkylation sites (tertiary alicyclic amines) is 1. The fourth-order valence-electron chi connectivity index (χ4n) is 3.31. The maximum absolute atomic E-state index is 11.8. The molecule has 13 heteroatoms. The fourth-order valence-corrected chi connectivity index (χ4v) is 6.13. The molecule has 0 aromatic carbocycles. The van der Waals surface area contributed by atoms with Crippen LogP contribution in [0.2, 0.25) is 0 Å². The Labute approximate surface area is 199 Å². The molecule has 0 bridgehead atoms. The largest absolute Gasteiger partial charge is 0.463 e. The second-order valence-corrected chi connectivity index (χ2v) is 10.1. The summed E-state index contributed by atoms with van der Waals surface area (Å²) < 4.78 is 27.9. The van der Waals surface area contributed by atoms with E-state index in [-0.39, 0.29) is 6.61 Å². The first-order valence-electron chi connectivity index (χ1n) is 10.0. The van der Waals surface area contributed by atoms with Gasteiger partial charge in [-0.05, 0) is 23.6 Å². The third-order valence-corrected chi connectivity index (χ3v) is 7.75. The molecule has 3 unspecified atom stereocenters. The Bertz CT molecular complexity index is 729. The van der Waals surface area contributed by atoms with Crippen molar-refractivity contribution in [3.05, 3.63) is 0 Å². The quantitative estimate of drug-likeness (QED) is 0.215. The van der Waals surface area contributed by atoms with E-state index >= 15 is 0 Å². The second kappa shape index (κ2) is 12.6. The maximum atomic E-state index is 11.8. The lowest BCUT2D eigenvalue weighted by Crippen LogP contribution is -2.61. The minimum Gasteiger partial charge on any atom is -0.463 e. The molecule has 0 amide bonds. The standard InChI is InChI=1S/C19H27NO9S3/c1-10(21)25-9-14-15(26-11(2)22)16(27-12(3)23)17(28-13(4)24)18(29-14)31-32-19(30)20-7-5-6-8-20/h14-18H,5-9H2,1-4H3/t14?,15-,16?,17?,18+/m1/s1. The van der Waals surface area contributed by atoms with Crippen LogP contribution in [0.5, 0.6) is 0 Å². The molecule has 2 rings (SSSR count). The number of hydrogen-bond acceptors (Lipinski definition) is 12. The van der Waals surface area contributed by atoms with Gasteiger partial charge < -0.3 is 28.6 Å². The molecular weight excluding hydrogens is 482 g/mol. The van der Waals surface area contributed by atoms with Gasteiger partial charge in [-0.3, -0.25) is 19.2 Å². The number of nitrogens with zero attached hydrogens (tertiary/aromatic N) is 1. The molecule has 0 N–H and O–H groups in total. The van der Waals surface area contributed by atoms with Crippen molar-refractivity contribution >= 4 is 62.0 Å². The summed E-state index contributed by atoms with van der Waals surface area (Å²) >= 11 is 5.48. The van der Waals surface area contributed by atoms with Gasteiger partial charge in [0.1, 0.15) is 17.0 Å². The predicted octanol–water partition coefficient (Wildman–Crippen LogP) is 1.83. The van der Waals surface area contributed by atoms with Gasteiger partial charge in [-0.2, -0.15) is 0 Å². The van der Waals surface area contributed by atoms with Gasteiger partial charge in [0.25, 0.3) is 0 Å². The van der Waals surface area contributed by atoms with Crippen molar-refractivity contribution in [2.45, 2.75) is 70.4 Å². The van der Waals surface area contributed by atoms with Gasteiger partial charge in [0.05, 0.1) is 0 Å². The molecule has 0 aromatic heterocycles. The van der Waals surface area contributed by atoms with Crippen LogP contribution in [0.4, 0.5) is 0 Å². The summed E-state index contributed by atoms with van der Waals surface area (Å²) in [6.07, 6.45) is -2.26. The van der Waals surface area contributed by atoms with Crippen LogP contribution in [0.1, 0.15) is 40.5 Å². The van der Waals surface area contributed by atoms with E-state index in [2.05, 4.69) is 4.90 Å². The lowest BCUT2D eigenvalue weighted by Gasteiger charge is -2.44. The Morgan fingerprint density at radius 1 is 0.875 bits per heavy atom. The summed E-state index contributed by atoms with van der Waals surface area (Å²) in [5.41, 5.74) is -0.846. The zero-order chi connectivity index (χ0) is 23.8. The Morgan fingerprint density at radius 3 is 1.94 bits per heavy atom. The highest BCUT2D eigenvalue weighted by atomic mass is 33.1. The van der Waals surface area contributed by atoms with Gasteiger partial charge in [0, 0.05) is 40.8 Å². The predicted molar refractivity (Wildman–Crippen MR) is 121 cm³/mol. The monoisotopic (exact) mass is 509 g/mol. The van der Waals surface area contributed by atoms with Crippen LogP contribution in [-0.2, 0) is 42.9 Å². The van der Waals surface area contributed by atoms with Crippen molar-refractivity contribution < 1.29 is 42.9 Å². The summed E-state index contributed by atoms with van der Waals surface area (Å²) in [5, 5.41) is 0. The molecule has 0 aromatic rings. The number of rotatable bonds is 7. The number of thiocarbonyl (C=S) groups is 1. The van der Waals surface area contributed by atoms with Gasteiger partial charge in [-0.15, -0.1) is 0 Å². The average Bonchev–Trinajstić information content (AvgIpc) is 3.22. The van der Waals surface area contributed by atoms with Gasteiger partial charge in [-0.25, -0.2) is 0 Å². The maximum Gasteiger partial charge on any atom is 0.303 e. The van der Waals surface area contributed by atoms with Gasteiger partial charge in [0.2, 0.25) is 0 Å². The molecule has 2 heterocycles. The zero-order valence-electron chi connectivity index (χ0n) is 18.3. The normalized spacial score (nSPS) is 27.4. The number of carbonyl (C=O) groups excluding carboxylic acids is 4. The van der Waals surface area contributed by atoms with E-state index in [0.717, 1.165) is 25.9 Å². The SMILES string of the molecule is CC(=O)OCC1O[C@@H](SSC(=S)N2CCCC2)C(OC(C)=O)C(OC(C)=O)[C@@H]1OC(C)=O. The summed E-state index contributed by atoms with van der Waals surface area (Å²) in [4.78, 5) is 48.8. The van der Waals surface area contributed by atoms with E-state index in [1.165, 1.54) is 49.3 Å². The van der Waals surface area contributed by atoms with Crippen molar-refractivity contribution in [2.24, 2.45) is 0 Å². The van der Waals surface area contributed by atoms with E-state index in [1.54, 1.807) is 0 Å². The highest BCUT2D eigenvalue weighted by Crippen LogP contribution is 2.40. The van der Waals surface area contributed by atoms with Gasteiger partial charge >= 0.3 is 23.9 Å². The van der Waals surface area contributed by atoms with Crippen LogP contribution in [0, 0.1) is 0 Å². The average molecular weight is 510 g/mol. The zero-order valence-corrected chi connectivity index (χ0v) is 20.7. The Balaban J connectivity index is 2.29. The molecule has 5 atom stereocenters. The minimum atomic E-state index is -1.17. The molecule has 0 saturated carbocycles. The van der Waals surface area contributed by atoms with Crippen LogP contribution in [0.15, 0.2) is 0 Å². The molecule has 0 spiro atoms. The summed E-state index contributed by atoms with van der Waals surface area (Å²) in [6.45, 7) is 6.28. The Kier molecular flexibility index (Phi) is 10.5. The molecule has 32 heavy (non-hydrogen) atoms. The van der Waals surface area contributed by atoms with Gasteiger partial charge in [-0.1, -0.05) is 23.0 Å². The van der Waals surface area contributed by atoms with Gasteiger partial charge in [0.15, 0.2) is 23.7 Å². The summed E-state index contributed by atoms with van der Waals surface area (Å²) in [7, 11) is 2.47. The lowest BCUT2D eigenvalue weighted by molar-refractivity contribution is -0.237. The smallest absolute Gasteiger partial charge is 0.303 e. The summed E-state index contributed by atoms with van der Waals surface area (Å²) in [5.74, 6) is -2.52. The molecule has 0 aliphatic carbocycles. The van der Waals surface area contributed by atoms with Crippen molar-refractivity contribution in [1.29, 1.82) is 0 Å². The van der Waals surface area contributed by atoms with Crippen LogP contribution in [0.25, 0.3) is 0 Å². The lowest BCUT2D eigenvalue weighted by atomic mass is 9.99. The second-order valence-electron chi connectivity index (χ2n) is 7.21. The van der Waals surface area contributed by atoms with Crippen molar-refractivity contribution in [2.75, 3.05) is 19.7 Å². The fraction of sp³-hybridized carbons (Fsp3) is 0.737.